The normalized spacial score (nSPS) is 20.5. The Hall–Kier alpha value is -1.10. The van der Waals surface area contributed by atoms with Gasteiger partial charge >= 0.3 is 0 Å². The molecule has 1 rings (SSSR count). The van der Waals surface area contributed by atoms with E-state index in [1.807, 2.05) is 41.5 Å². The second kappa shape index (κ2) is 5.49. The van der Waals surface area contributed by atoms with E-state index in [-0.39, 0.29) is 11.8 Å². The minimum absolute atomic E-state index is 0.0147. The Morgan fingerprint density at radius 3 is 2.21 bits per heavy atom. The van der Waals surface area contributed by atoms with E-state index in [0.29, 0.717) is 13.0 Å². The van der Waals surface area contributed by atoms with Crippen LogP contribution >= 0.6 is 0 Å². The van der Waals surface area contributed by atoms with Crippen LogP contribution in [0.1, 0.15) is 54.4 Å². The van der Waals surface area contributed by atoms with Crippen LogP contribution in [0.15, 0.2) is 0 Å². The lowest BCUT2D eigenvalue weighted by Gasteiger charge is -2.30. The van der Waals surface area contributed by atoms with Gasteiger partial charge in [-0.3, -0.25) is 14.4 Å². The van der Waals surface area contributed by atoms with E-state index in [1.165, 1.54) is 0 Å². The van der Waals surface area contributed by atoms with E-state index in [2.05, 4.69) is 5.48 Å². The van der Waals surface area contributed by atoms with Crippen molar-refractivity contribution in [1.29, 1.82) is 0 Å². The SMILES string of the molecule is CC(C)(C)ONC(=O)C1CCCN1C(=O)C(C)(C)C. The summed E-state index contributed by atoms with van der Waals surface area (Å²) in [5, 5.41) is 0. The Morgan fingerprint density at radius 2 is 1.74 bits per heavy atom. The van der Waals surface area contributed by atoms with Crippen LogP contribution in [0.3, 0.4) is 0 Å². The van der Waals surface area contributed by atoms with E-state index in [1.54, 1.807) is 4.90 Å². The summed E-state index contributed by atoms with van der Waals surface area (Å²) in [7, 11) is 0. The molecule has 1 fully saturated rings. The van der Waals surface area contributed by atoms with Crippen LogP contribution in [-0.4, -0.2) is 34.9 Å². The first-order valence-electron chi connectivity index (χ1n) is 6.81. The average molecular weight is 270 g/mol. The van der Waals surface area contributed by atoms with Gasteiger partial charge in [0.2, 0.25) is 5.91 Å². The zero-order chi connectivity index (χ0) is 14.8. The minimum Gasteiger partial charge on any atom is -0.330 e. The maximum atomic E-state index is 12.3. The van der Waals surface area contributed by atoms with Gasteiger partial charge in [-0.05, 0) is 33.6 Å². The van der Waals surface area contributed by atoms with Gasteiger partial charge in [-0.2, -0.15) is 0 Å². The fraction of sp³-hybridized carbons (Fsp3) is 0.857. The number of carbonyl (C=O) groups is 2. The number of nitrogens with zero attached hydrogens (tertiary/aromatic N) is 1. The van der Waals surface area contributed by atoms with Crippen LogP contribution < -0.4 is 5.48 Å². The molecule has 5 heteroatoms. The van der Waals surface area contributed by atoms with Gasteiger partial charge in [0.1, 0.15) is 6.04 Å². The molecule has 0 saturated carbocycles. The number of nitrogens with one attached hydrogen (secondary N) is 1. The summed E-state index contributed by atoms with van der Waals surface area (Å²) in [6.45, 7) is 11.8. The van der Waals surface area contributed by atoms with Crippen molar-refractivity contribution in [3.8, 4) is 0 Å². The third kappa shape index (κ3) is 4.49. The van der Waals surface area contributed by atoms with Crippen molar-refractivity contribution in [1.82, 2.24) is 10.4 Å². The molecule has 1 aliphatic rings. The Balaban J connectivity index is 2.66. The van der Waals surface area contributed by atoms with Gasteiger partial charge in [0.15, 0.2) is 0 Å². The minimum atomic E-state index is -0.465. The second-order valence-corrected chi connectivity index (χ2v) is 7.09. The van der Waals surface area contributed by atoms with E-state index in [9.17, 15) is 9.59 Å². The third-order valence-corrected chi connectivity index (χ3v) is 2.92. The molecule has 0 radical (unpaired) electrons. The molecule has 1 aliphatic heterocycles. The molecule has 0 aromatic carbocycles. The molecule has 2 amide bonds. The van der Waals surface area contributed by atoms with Crippen LogP contribution in [-0.2, 0) is 14.4 Å². The maximum Gasteiger partial charge on any atom is 0.266 e. The van der Waals surface area contributed by atoms with Gasteiger partial charge in [-0.1, -0.05) is 20.8 Å². The fourth-order valence-corrected chi connectivity index (χ4v) is 1.98. The summed E-state index contributed by atoms with van der Waals surface area (Å²) in [6.07, 6.45) is 1.55. The number of carbonyl (C=O) groups excluding carboxylic acids is 2. The Labute approximate surface area is 115 Å². The molecule has 1 N–H and O–H groups in total. The molecule has 1 unspecified atom stereocenters. The Kier molecular flexibility index (Phi) is 4.61. The largest absolute Gasteiger partial charge is 0.330 e. The number of hydrogen-bond donors (Lipinski definition) is 1. The fourth-order valence-electron chi connectivity index (χ4n) is 1.98. The highest BCUT2D eigenvalue weighted by atomic mass is 16.7. The van der Waals surface area contributed by atoms with Crippen LogP contribution in [0.25, 0.3) is 0 Å². The molecule has 1 heterocycles. The number of hydrogen-bond acceptors (Lipinski definition) is 3. The first-order chi connectivity index (χ1) is 8.52. The van der Waals surface area contributed by atoms with E-state index in [4.69, 9.17) is 4.84 Å². The Morgan fingerprint density at radius 1 is 1.16 bits per heavy atom. The second-order valence-electron chi connectivity index (χ2n) is 7.09. The van der Waals surface area contributed by atoms with E-state index >= 15 is 0 Å². The topological polar surface area (TPSA) is 58.6 Å². The van der Waals surface area contributed by atoms with Crippen LogP contribution in [0.5, 0.6) is 0 Å². The Bertz CT molecular complexity index is 353. The van der Waals surface area contributed by atoms with Gasteiger partial charge < -0.3 is 4.90 Å². The smallest absolute Gasteiger partial charge is 0.266 e. The van der Waals surface area contributed by atoms with E-state index < -0.39 is 17.1 Å². The number of rotatable bonds is 2. The predicted molar refractivity (Wildman–Crippen MR) is 73.2 cm³/mol. The molecule has 0 bridgehead atoms. The van der Waals surface area contributed by atoms with Gasteiger partial charge in [0, 0.05) is 12.0 Å². The number of hydroxylamine groups is 1. The first kappa shape index (κ1) is 16.0. The van der Waals surface area contributed by atoms with Gasteiger partial charge in [-0.25, -0.2) is 5.48 Å². The summed E-state index contributed by atoms with van der Waals surface area (Å²) in [6, 6.07) is -0.408. The highest BCUT2D eigenvalue weighted by Crippen LogP contribution is 2.25. The summed E-state index contributed by atoms with van der Waals surface area (Å²) >= 11 is 0. The lowest BCUT2D eigenvalue weighted by Crippen LogP contribution is -2.50. The molecular weight excluding hydrogens is 244 g/mol. The number of likely N-dealkylation sites (tertiary alicyclic amines) is 1. The van der Waals surface area contributed by atoms with E-state index in [0.717, 1.165) is 6.42 Å². The molecule has 5 nitrogen and oxygen atoms in total. The van der Waals surface area contributed by atoms with Gasteiger partial charge in [-0.15, -0.1) is 0 Å². The zero-order valence-corrected chi connectivity index (χ0v) is 12.9. The van der Waals surface area contributed by atoms with Crippen molar-refractivity contribution in [3.05, 3.63) is 0 Å². The predicted octanol–water partition coefficient (Wildman–Crippen LogP) is 1.87. The molecule has 110 valence electrons. The quantitative estimate of drug-likeness (QED) is 0.779. The highest BCUT2D eigenvalue weighted by Gasteiger charge is 2.38. The molecule has 1 atom stereocenters. The summed E-state index contributed by atoms with van der Waals surface area (Å²) < 4.78 is 0. The van der Waals surface area contributed by atoms with Crippen molar-refractivity contribution in [3.63, 3.8) is 0 Å². The lowest BCUT2D eigenvalue weighted by molar-refractivity contribution is -0.155. The maximum absolute atomic E-state index is 12.3. The molecular formula is C14H26N2O3. The lowest BCUT2D eigenvalue weighted by atomic mass is 9.94. The van der Waals surface area contributed by atoms with Crippen LogP contribution in [0.4, 0.5) is 0 Å². The summed E-state index contributed by atoms with van der Waals surface area (Å²) in [5.41, 5.74) is 1.57. The van der Waals surface area contributed by atoms with Gasteiger partial charge in [0.05, 0.1) is 5.60 Å². The highest BCUT2D eigenvalue weighted by molar-refractivity contribution is 5.89. The summed E-state index contributed by atoms with van der Waals surface area (Å²) in [4.78, 5) is 31.3. The van der Waals surface area contributed by atoms with Crippen molar-refractivity contribution in [2.24, 2.45) is 5.41 Å². The molecule has 0 spiro atoms. The zero-order valence-electron chi connectivity index (χ0n) is 12.9. The molecule has 1 saturated heterocycles. The standard InChI is InChI=1S/C14H26N2O3/c1-13(2,3)12(18)16-9-7-8-10(16)11(17)15-19-14(4,5)6/h10H,7-9H2,1-6H3,(H,15,17). The van der Waals surface area contributed by atoms with Gasteiger partial charge in [0.25, 0.3) is 5.91 Å². The molecule has 0 aromatic rings. The molecule has 0 aromatic heterocycles. The first-order valence-corrected chi connectivity index (χ1v) is 6.81. The van der Waals surface area contributed by atoms with Crippen molar-refractivity contribution < 1.29 is 14.4 Å². The van der Waals surface area contributed by atoms with Crippen LogP contribution in [0, 0.1) is 5.41 Å². The summed E-state index contributed by atoms with van der Waals surface area (Å²) in [5.74, 6) is -0.217. The third-order valence-electron chi connectivity index (χ3n) is 2.92. The average Bonchev–Trinajstić information content (AvgIpc) is 2.71. The number of amides is 2. The van der Waals surface area contributed by atoms with Crippen molar-refractivity contribution in [2.45, 2.75) is 66.0 Å². The molecule has 0 aliphatic carbocycles. The monoisotopic (exact) mass is 270 g/mol. The molecule has 19 heavy (non-hydrogen) atoms. The van der Waals surface area contributed by atoms with Crippen molar-refractivity contribution >= 4 is 11.8 Å². The van der Waals surface area contributed by atoms with Crippen LogP contribution in [0.2, 0.25) is 0 Å². The van der Waals surface area contributed by atoms with Crippen molar-refractivity contribution in [2.75, 3.05) is 6.54 Å².